The normalized spacial score (nSPS) is 9.91. The summed E-state index contributed by atoms with van der Waals surface area (Å²) < 4.78 is 0. The topological polar surface area (TPSA) is 92.8 Å². The van der Waals surface area contributed by atoms with Gasteiger partial charge in [0.05, 0.1) is 0 Å². The van der Waals surface area contributed by atoms with Crippen LogP contribution in [0.4, 0.5) is 0 Å². The minimum absolute atomic E-state index is 0.306. The molecular formula is C17H19NO4. The van der Waals surface area contributed by atoms with E-state index in [9.17, 15) is 4.79 Å². The van der Waals surface area contributed by atoms with Gasteiger partial charge in [0.25, 0.3) is 0 Å². The molecular weight excluding hydrogens is 282 g/mol. The Morgan fingerprint density at radius 2 is 1.73 bits per heavy atom. The van der Waals surface area contributed by atoms with Crippen molar-refractivity contribution in [3.05, 3.63) is 71.8 Å². The Morgan fingerprint density at radius 1 is 1.09 bits per heavy atom. The van der Waals surface area contributed by atoms with Crippen LogP contribution in [0.3, 0.4) is 0 Å². The molecule has 0 aromatic heterocycles. The lowest BCUT2D eigenvalue weighted by Crippen LogP contribution is -2.01. The highest BCUT2D eigenvalue weighted by Crippen LogP contribution is 2.09. The first kappa shape index (κ1) is 17.4. The highest BCUT2D eigenvalue weighted by molar-refractivity contribution is 5.86. The van der Waals surface area contributed by atoms with Gasteiger partial charge in [-0.25, -0.2) is 4.79 Å². The number of hydrogen-bond donors (Lipinski definition) is 3. The summed E-state index contributed by atoms with van der Waals surface area (Å²) in [5.41, 5.74) is 7.38. The van der Waals surface area contributed by atoms with Gasteiger partial charge in [0.2, 0.25) is 0 Å². The predicted octanol–water partition coefficient (Wildman–Crippen LogP) is 2.61. The summed E-state index contributed by atoms with van der Waals surface area (Å²) >= 11 is 0. The fraction of sp³-hybridized carbons (Fsp3) is 0.118. The van der Waals surface area contributed by atoms with Gasteiger partial charge in [-0.15, -0.1) is 0 Å². The zero-order valence-electron chi connectivity index (χ0n) is 12.1. The Kier molecular flexibility index (Phi) is 8.04. The molecule has 0 amide bonds. The molecule has 0 aliphatic heterocycles. The van der Waals surface area contributed by atoms with Crippen LogP contribution in [0.25, 0.3) is 6.08 Å². The van der Waals surface area contributed by atoms with E-state index in [0.29, 0.717) is 12.3 Å². The van der Waals surface area contributed by atoms with Crippen molar-refractivity contribution in [3.63, 3.8) is 0 Å². The summed E-state index contributed by atoms with van der Waals surface area (Å²) in [4.78, 5) is 13.9. The fourth-order valence-corrected chi connectivity index (χ4v) is 1.59. The van der Waals surface area contributed by atoms with E-state index >= 15 is 0 Å². The van der Waals surface area contributed by atoms with Crippen molar-refractivity contribution in [2.24, 2.45) is 5.73 Å². The second-order valence-corrected chi connectivity index (χ2v) is 4.36. The van der Waals surface area contributed by atoms with Gasteiger partial charge in [-0.3, -0.25) is 4.89 Å². The van der Waals surface area contributed by atoms with Crippen LogP contribution in [0.2, 0.25) is 0 Å². The molecule has 0 bridgehead atoms. The van der Waals surface area contributed by atoms with Crippen LogP contribution in [0, 0.1) is 0 Å². The molecule has 0 atom stereocenters. The number of rotatable bonds is 4. The number of carbonyl (C=O) groups is 1. The van der Waals surface area contributed by atoms with Crippen LogP contribution in [0.5, 0.6) is 5.75 Å². The first-order valence-electron chi connectivity index (χ1n) is 6.72. The standard InChI is InChI=1S/C9H8O3.C8H11NO/c10-9(12-11)7-6-8-4-2-1-3-5-8;9-6-5-7-1-3-8(10)4-2-7/h1-7,11H;1-4,10H,5-6,9H2. The SMILES string of the molecule is NCCc1ccc(O)cc1.O=C(C=Cc1ccccc1)OO. The first-order chi connectivity index (χ1) is 10.7. The molecule has 0 radical (unpaired) electrons. The summed E-state index contributed by atoms with van der Waals surface area (Å²) in [5.74, 6) is -0.473. The Morgan fingerprint density at radius 3 is 2.27 bits per heavy atom. The number of carbonyl (C=O) groups excluding carboxylic acids is 1. The van der Waals surface area contributed by atoms with Crippen molar-refractivity contribution in [1.29, 1.82) is 0 Å². The monoisotopic (exact) mass is 301 g/mol. The minimum Gasteiger partial charge on any atom is -0.508 e. The summed E-state index contributed by atoms with van der Waals surface area (Å²) in [6, 6.07) is 16.3. The maximum atomic E-state index is 10.4. The van der Waals surface area contributed by atoms with E-state index in [0.717, 1.165) is 18.1 Å². The van der Waals surface area contributed by atoms with Gasteiger partial charge in [-0.2, -0.15) is 5.26 Å². The summed E-state index contributed by atoms with van der Waals surface area (Å²) in [6.07, 6.45) is 3.58. The third-order valence-corrected chi connectivity index (χ3v) is 2.67. The number of phenolic OH excluding ortho intramolecular Hbond substituents is 1. The van der Waals surface area contributed by atoms with Crippen LogP contribution in [0.15, 0.2) is 60.7 Å². The average Bonchev–Trinajstić information content (AvgIpc) is 2.56. The van der Waals surface area contributed by atoms with Crippen molar-refractivity contribution in [1.82, 2.24) is 0 Å². The lowest BCUT2D eigenvalue weighted by atomic mass is 10.1. The molecule has 0 saturated heterocycles. The van der Waals surface area contributed by atoms with Gasteiger partial charge in [0, 0.05) is 6.08 Å². The second-order valence-electron chi connectivity index (χ2n) is 4.36. The zero-order chi connectivity index (χ0) is 16.2. The van der Waals surface area contributed by atoms with Crippen molar-refractivity contribution >= 4 is 12.0 Å². The molecule has 5 heteroatoms. The van der Waals surface area contributed by atoms with Gasteiger partial charge in [0.1, 0.15) is 5.75 Å². The molecule has 0 fully saturated rings. The van der Waals surface area contributed by atoms with Gasteiger partial charge in [-0.1, -0.05) is 42.5 Å². The maximum absolute atomic E-state index is 10.4. The summed E-state index contributed by atoms with van der Waals surface area (Å²) in [6.45, 7) is 0.658. The summed E-state index contributed by atoms with van der Waals surface area (Å²) in [7, 11) is 0. The van der Waals surface area contributed by atoms with E-state index in [2.05, 4.69) is 4.89 Å². The Balaban J connectivity index is 0.000000224. The van der Waals surface area contributed by atoms with E-state index in [4.69, 9.17) is 16.1 Å². The van der Waals surface area contributed by atoms with E-state index in [1.54, 1.807) is 18.2 Å². The molecule has 0 heterocycles. The van der Waals surface area contributed by atoms with Gasteiger partial charge >= 0.3 is 5.97 Å². The molecule has 116 valence electrons. The Bertz CT molecular complexity index is 579. The molecule has 5 nitrogen and oxygen atoms in total. The largest absolute Gasteiger partial charge is 0.508 e. The number of phenols is 1. The molecule has 22 heavy (non-hydrogen) atoms. The molecule has 0 aliphatic rings. The number of aromatic hydroxyl groups is 1. The van der Waals surface area contributed by atoms with Crippen LogP contribution < -0.4 is 5.73 Å². The third kappa shape index (κ3) is 7.23. The quantitative estimate of drug-likeness (QED) is 0.458. The maximum Gasteiger partial charge on any atom is 0.365 e. The lowest BCUT2D eigenvalue weighted by Gasteiger charge is -1.96. The van der Waals surface area contributed by atoms with Crippen molar-refractivity contribution in [2.75, 3.05) is 6.54 Å². The molecule has 0 aliphatic carbocycles. The smallest absolute Gasteiger partial charge is 0.365 e. The molecule has 0 saturated carbocycles. The van der Waals surface area contributed by atoms with E-state index < -0.39 is 5.97 Å². The molecule has 0 spiro atoms. The van der Waals surface area contributed by atoms with Gasteiger partial charge < -0.3 is 10.8 Å². The van der Waals surface area contributed by atoms with Gasteiger partial charge in [0.15, 0.2) is 0 Å². The van der Waals surface area contributed by atoms with Crippen LogP contribution in [0.1, 0.15) is 11.1 Å². The minimum atomic E-state index is -0.779. The number of hydrogen-bond acceptors (Lipinski definition) is 5. The zero-order valence-corrected chi connectivity index (χ0v) is 12.1. The van der Waals surface area contributed by atoms with Gasteiger partial charge in [-0.05, 0) is 42.3 Å². The predicted molar refractivity (Wildman–Crippen MR) is 85.1 cm³/mol. The molecule has 2 rings (SSSR count). The molecule has 2 aromatic carbocycles. The number of benzene rings is 2. The lowest BCUT2D eigenvalue weighted by molar-refractivity contribution is -0.227. The Hall–Kier alpha value is -2.63. The average molecular weight is 301 g/mol. The highest BCUT2D eigenvalue weighted by atomic mass is 17.1. The second kappa shape index (κ2) is 10.1. The van der Waals surface area contributed by atoms with E-state index in [-0.39, 0.29) is 0 Å². The van der Waals surface area contributed by atoms with Crippen LogP contribution in [-0.2, 0) is 16.1 Å². The van der Waals surface area contributed by atoms with Crippen molar-refractivity contribution < 1.29 is 20.0 Å². The molecule has 2 aromatic rings. The number of nitrogens with two attached hydrogens (primary N) is 1. The first-order valence-corrected chi connectivity index (χ1v) is 6.72. The van der Waals surface area contributed by atoms with Crippen LogP contribution in [-0.4, -0.2) is 22.9 Å². The molecule has 0 unspecified atom stereocenters. The fourth-order valence-electron chi connectivity index (χ4n) is 1.59. The van der Waals surface area contributed by atoms with Crippen molar-refractivity contribution in [2.45, 2.75) is 6.42 Å². The molecule has 4 N–H and O–H groups in total. The van der Waals surface area contributed by atoms with Crippen LogP contribution >= 0.6 is 0 Å². The van der Waals surface area contributed by atoms with Crippen molar-refractivity contribution in [3.8, 4) is 5.75 Å². The highest BCUT2D eigenvalue weighted by Gasteiger charge is 1.92. The van der Waals surface area contributed by atoms with E-state index in [1.165, 1.54) is 5.56 Å². The summed E-state index contributed by atoms with van der Waals surface area (Å²) in [5, 5.41) is 16.8. The van der Waals surface area contributed by atoms with E-state index in [1.807, 2.05) is 42.5 Å². The Labute approximate surface area is 129 Å². The third-order valence-electron chi connectivity index (χ3n) is 2.67.